The Morgan fingerprint density at radius 3 is 2.61 bits per heavy atom. The maximum atomic E-state index is 15.1. The van der Waals surface area contributed by atoms with Gasteiger partial charge in [-0.05, 0) is 47.7 Å². The van der Waals surface area contributed by atoms with E-state index in [1.807, 2.05) is 13.8 Å². The van der Waals surface area contributed by atoms with Gasteiger partial charge in [-0.2, -0.15) is 5.26 Å². The summed E-state index contributed by atoms with van der Waals surface area (Å²) >= 11 is 3.26. The molecule has 8 heteroatoms. The minimum absolute atomic E-state index is 0.0586. The largest absolute Gasteiger partial charge is 0.504 e. The first kappa shape index (κ1) is 22.9. The number of nitrogens with zero attached hydrogens (tertiary/aromatic N) is 2. The van der Waals surface area contributed by atoms with Crippen molar-refractivity contribution < 1.29 is 19.0 Å². The first-order valence-corrected chi connectivity index (χ1v) is 11.2. The Balaban J connectivity index is 2.01. The van der Waals surface area contributed by atoms with Crippen molar-refractivity contribution in [2.75, 3.05) is 12.0 Å². The molecule has 0 unspecified atom stereocenters. The molecule has 0 spiro atoms. The molecule has 0 fully saturated rings. The Bertz CT molecular complexity index is 1280. The molecule has 1 atom stereocenters. The van der Waals surface area contributed by atoms with Gasteiger partial charge in [-0.1, -0.05) is 35.8 Å². The van der Waals surface area contributed by atoms with Gasteiger partial charge in [-0.25, -0.2) is 4.39 Å². The molecular weight excluding hydrogens is 489 g/mol. The van der Waals surface area contributed by atoms with Crippen LogP contribution in [-0.2, 0) is 4.79 Å². The van der Waals surface area contributed by atoms with Gasteiger partial charge < -0.3 is 15.6 Å². The van der Waals surface area contributed by atoms with Crippen molar-refractivity contribution in [3.05, 3.63) is 74.9 Å². The molecule has 2 aromatic carbocycles. The molecule has 0 saturated heterocycles. The number of carbonyl (C=O) groups is 1. The van der Waals surface area contributed by atoms with Gasteiger partial charge in [0, 0.05) is 22.2 Å². The number of benzene rings is 2. The topological polar surface area (TPSA) is 99.6 Å². The highest BCUT2D eigenvalue weighted by molar-refractivity contribution is 9.10. The van der Waals surface area contributed by atoms with Crippen LogP contribution in [0.25, 0.3) is 0 Å². The summed E-state index contributed by atoms with van der Waals surface area (Å²) in [5.41, 5.74) is 7.90. The van der Waals surface area contributed by atoms with Gasteiger partial charge in [0.15, 0.2) is 17.3 Å². The van der Waals surface area contributed by atoms with Crippen LogP contribution < -0.4 is 15.4 Å². The lowest BCUT2D eigenvalue weighted by Crippen LogP contribution is -2.42. The van der Waals surface area contributed by atoms with Gasteiger partial charge in [0.1, 0.15) is 11.6 Å². The summed E-state index contributed by atoms with van der Waals surface area (Å²) in [5.74, 6) is -1.23. The number of halogens is 2. The molecule has 0 amide bonds. The van der Waals surface area contributed by atoms with Gasteiger partial charge >= 0.3 is 0 Å². The first-order valence-electron chi connectivity index (χ1n) is 10.4. The minimum Gasteiger partial charge on any atom is -0.504 e. The van der Waals surface area contributed by atoms with E-state index in [0.717, 1.165) is 0 Å². The molecule has 170 valence electrons. The zero-order chi connectivity index (χ0) is 24.1. The number of allylic oxidation sites excluding steroid dienone is 3. The number of hydrogen-bond acceptors (Lipinski definition) is 6. The number of hydrogen-bond donors (Lipinski definition) is 2. The molecule has 33 heavy (non-hydrogen) atoms. The lowest BCUT2D eigenvalue weighted by atomic mass is 9.68. The van der Waals surface area contributed by atoms with Crippen molar-refractivity contribution in [3.8, 4) is 17.6 Å². The third-order valence-electron chi connectivity index (χ3n) is 6.07. The Kier molecular flexibility index (Phi) is 5.71. The molecule has 6 nitrogen and oxygen atoms in total. The fraction of sp³-hybridized carbons (Fsp3) is 0.280. The molecule has 3 N–H and O–H groups in total. The van der Waals surface area contributed by atoms with E-state index < -0.39 is 11.7 Å². The third kappa shape index (κ3) is 3.87. The van der Waals surface area contributed by atoms with E-state index in [-0.39, 0.29) is 46.2 Å². The monoisotopic (exact) mass is 511 g/mol. The Hall–Kier alpha value is -3.31. The highest BCUT2D eigenvalue weighted by Crippen LogP contribution is 2.51. The molecule has 2 aliphatic rings. The van der Waals surface area contributed by atoms with Crippen LogP contribution in [0.4, 0.5) is 10.1 Å². The van der Waals surface area contributed by atoms with Crippen molar-refractivity contribution >= 4 is 27.4 Å². The van der Waals surface area contributed by atoms with Crippen molar-refractivity contribution in [1.29, 1.82) is 5.26 Å². The summed E-state index contributed by atoms with van der Waals surface area (Å²) in [4.78, 5) is 15.0. The molecule has 1 aliphatic carbocycles. The fourth-order valence-electron chi connectivity index (χ4n) is 4.67. The number of methoxy groups -OCH3 is 1. The van der Waals surface area contributed by atoms with Crippen LogP contribution in [0.2, 0.25) is 0 Å². The Morgan fingerprint density at radius 2 is 2.00 bits per heavy atom. The molecule has 0 saturated carbocycles. The van der Waals surface area contributed by atoms with E-state index in [2.05, 4.69) is 22.0 Å². The summed E-state index contributed by atoms with van der Waals surface area (Å²) in [6.45, 7) is 3.94. The van der Waals surface area contributed by atoms with Crippen LogP contribution in [0.3, 0.4) is 0 Å². The predicted molar refractivity (Wildman–Crippen MR) is 126 cm³/mol. The molecular formula is C25H23BrFN3O3. The molecule has 1 aliphatic heterocycles. The average Bonchev–Trinajstić information content (AvgIpc) is 2.73. The average molecular weight is 512 g/mol. The number of nitrogens with two attached hydrogens (primary N) is 1. The highest BCUT2D eigenvalue weighted by atomic mass is 79.9. The predicted octanol–water partition coefficient (Wildman–Crippen LogP) is 5.24. The summed E-state index contributed by atoms with van der Waals surface area (Å²) in [6, 6.07) is 11.5. The number of Topliss-reactive ketones (excluding diaryl/α,β-unsaturated/α-hetero) is 1. The third-order valence-corrected chi connectivity index (χ3v) is 6.56. The van der Waals surface area contributed by atoms with Crippen LogP contribution in [0.15, 0.2) is 63.5 Å². The number of carbonyl (C=O) groups excluding carboxylic acids is 1. The maximum absolute atomic E-state index is 15.1. The molecule has 4 rings (SSSR count). The van der Waals surface area contributed by atoms with E-state index in [1.165, 1.54) is 24.1 Å². The highest BCUT2D eigenvalue weighted by Gasteiger charge is 2.45. The SMILES string of the molecule is COc1ccc([C@H]2C(C#N)=C(N)N(c3ccc(Br)cc3F)C3=C2C(=O)CC(C)(C)C3)cc1O. The lowest BCUT2D eigenvalue weighted by Gasteiger charge is -2.43. The number of anilines is 1. The van der Waals surface area contributed by atoms with Crippen molar-refractivity contribution in [2.24, 2.45) is 11.1 Å². The van der Waals surface area contributed by atoms with Crippen LogP contribution in [0.5, 0.6) is 11.5 Å². The smallest absolute Gasteiger partial charge is 0.162 e. The van der Waals surface area contributed by atoms with Crippen LogP contribution in [-0.4, -0.2) is 18.0 Å². The quantitative estimate of drug-likeness (QED) is 0.584. The second kappa shape index (κ2) is 8.23. The molecule has 0 radical (unpaired) electrons. The van der Waals surface area contributed by atoms with Crippen molar-refractivity contribution in [2.45, 2.75) is 32.6 Å². The maximum Gasteiger partial charge on any atom is 0.162 e. The van der Waals surface area contributed by atoms with Gasteiger partial charge in [0.05, 0.1) is 30.4 Å². The number of ketones is 1. The van der Waals surface area contributed by atoms with Gasteiger partial charge in [-0.15, -0.1) is 0 Å². The number of nitriles is 1. The number of phenolic OH excluding ortho intramolecular Hbond substituents is 1. The lowest BCUT2D eigenvalue weighted by molar-refractivity contribution is -0.118. The van der Waals surface area contributed by atoms with Gasteiger partial charge in [0.2, 0.25) is 0 Å². The van der Waals surface area contributed by atoms with Gasteiger partial charge in [-0.3, -0.25) is 9.69 Å². The van der Waals surface area contributed by atoms with E-state index in [9.17, 15) is 15.2 Å². The molecule has 0 aromatic heterocycles. The summed E-state index contributed by atoms with van der Waals surface area (Å²) < 4.78 is 20.7. The Labute approximate surface area is 199 Å². The van der Waals surface area contributed by atoms with Gasteiger partial charge in [0.25, 0.3) is 0 Å². The molecule has 2 aromatic rings. The zero-order valence-electron chi connectivity index (χ0n) is 18.4. The number of ether oxygens (including phenoxy) is 1. The number of aromatic hydroxyl groups is 1. The van der Waals surface area contributed by atoms with E-state index in [1.54, 1.807) is 24.3 Å². The van der Waals surface area contributed by atoms with E-state index in [4.69, 9.17) is 10.5 Å². The molecule has 0 bridgehead atoms. The standard InChI is InChI=1S/C25H23BrFN3O3/c1-25(2)10-18-23(20(32)11-25)22(13-4-7-21(33-3)19(31)8-13)15(12-28)24(29)30(18)17-6-5-14(26)9-16(17)27/h4-9,22,31H,10-11,29H2,1-3H3/t22-/m0/s1. The second-order valence-electron chi connectivity index (χ2n) is 9.01. The Morgan fingerprint density at radius 1 is 1.27 bits per heavy atom. The summed E-state index contributed by atoms with van der Waals surface area (Å²) in [5, 5.41) is 20.4. The minimum atomic E-state index is -0.778. The second-order valence-corrected chi connectivity index (χ2v) is 9.92. The van der Waals surface area contributed by atoms with E-state index in [0.29, 0.717) is 27.7 Å². The number of rotatable bonds is 3. The fourth-order valence-corrected chi connectivity index (χ4v) is 5.00. The van der Waals surface area contributed by atoms with Crippen molar-refractivity contribution in [3.63, 3.8) is 0 Å². The van der Waals surface area contributed by atoms with E-state index >= 15 is 4.39 Å². The normalized spacial score (nSPS) is 19.9. The summed E-state index contributed by atoms with van der Waals surface area (Å²) in [7, 11) is 1.44. The zero-order valence-corrected chi connectivity index (χ0v) is 20.0. The van der Waals surface area contributed by atoms with Crippen LogP contribution in [0.1, 0.15) is 38.2 Å². The van der Waals surface area contributed by atoms with Crippen LogP contribution >= 0.6 is 15.9 Å². The van der Waals surface area contributed by atoms with Crippen LogP contribution in [0, 0.1) is 22.6 Å². The molecule has 1 heterocycles. The number of phenols is 1. The first-order chi connectivity index (χ1) is 15.6. The summed E-state index contributed by atoms with van der Waals surface area (Å²) in [6.07, 6.45) is 0.737. The van der Waals surface area contributed by atoms with Crippen molar-refractivity contribution in [1.82, 2.24) is 0 Å².